The Kier molecular flexibility index (Phi) is 14.3. The fourth-order valence-corrected chi connectivity index (χ4v) is 10.6. The zero-order chi connectivity index (χ0) is 42.8. The predicted molar refractivity (Wildman–Crippen MR) is 213 cm³/mol. The van der Waals surface area contributed by atoms with Gasteiger partial charge in [-0.3, -0.25) is 32.8 Å². The number of carbonyl (C=O) groups excluding carboxylic acids is 1. The van der Waals surface area contributed by atoms with Gasteiger partial charge in [0.05, 0.1) is 32.0 Å². The van der Waals surface area contributed by atoms with Crippen LogP contribution in [0.1, 0.15) is 59.4 Å². The van der Waals surface area contributed by atoms with Crippen molar-refractivity contribution in [2.45, 2.75) is 101 Å². The van der Waals surface area contributed by atoms with Crippen LogP contribution in [-0.4, -0.2) is 125 Å². The van der Waals surface area contributed by atoms with Crippen LogP contribution in [0.4, 0.5) is 11.8 Å². The molecule has 6 heterocycles. The molecular weight excluding hydrogens is 860 g/mol. The number of ether oxygens (including phenoxy) is 2. The molecule has 1 amide bonds. The van der Waals surface area contributed by atoms with Crippen molar-refractivity contribution in [1.29, 1.82) is 0 Å². The van der Waals surface area contributed by atoms with E-state index in [1.165, 1.54) is 32.6 Å². The Balaban J connectivity index is 1.19. The molecule has 2 fully saturated rings. The Morgan fingerprint density at radius 1 is 1.10 bits per heavy atom. The van der Waals surface area contributed by atoms with Crippen LogP contribution in [0, 0.1) is 5.92 Å². The van der Waals surface area contributed by atoms with Crippen LogP contribution in [0.3, 0.4) is 0 Å². The van der Waals surface area contributed by atoms with E-state index < -0.39 is 83.7 Å². The largest absolute Gasteiger partial charge is 0.695 e. The van der Waals surface area contributed by atoms with Gasteiger partial charge in [0.25, 0.3) is 5.56 Å². The zero-order valence-corrected chi connectivity index (χ0v) is 35.6. The van der Waals surface area contributed by atoms with E-state index in [1.54, 1.807) is 10.8 Å². The number of hydrogen-bond acceptors (Lipinski definition) is 20. The summed E-state index contributed by atoms with van der Waals surface area (Å²) in [5.41, 5.74) is 10.9. The SMILES string of the molecule is CC(CCC(=O)NC(C)(C)C)SSCCC1C(OP(=O)(O)OC[C@H]2O[C@@H](n3cnc4c(N)ncnc43)C(O)C2O[P+](=O)O)[C@H](n2cnc3c(=O)[nH]c(N)nc32)O[C@@H]1CO. The second-order valence-electron chi connectivity index (χ2n) is 14.8. The van der Waals surface area contributed by atoms with Gasteiger partial charge in [-0.2, -0.15) is 4.98 Å². The van der Waals surface area contributed by atoms with Crippen LogP contribution in [0.25, 0.3) is 22.3 Å². The number of imidazole rings is 2. The Labute approximate surface area is 344 Å². The van der Waals surface area contributed by atoms with Gasteiger partial charge in [0, 0.05) is 33.4 Å². The van der Waals surface area contributed by atoms with Gasteiger partial charge in [-0.1, -0.05) is 28.5 Å². The number of aliphatic hydroxyl groups excluding tert-OH is 2. The number of H-pyrrole nitrogens is 1. The quantitative estimate of drug-likeness (QED) is 0.0396. The summed E-state index contributed by atoms with van der Waals surface area (Å²) in [5.74, 6) is -0.534. The highest BCUT2D eigenvalue weighted by molar-refractivity contribution is 8.76. The molecule has 0 saturated carbocycles. The zero-order valence-electron chi connectivity index (χ0n) is 32.1. The normalized spacial score (nSPS) is 26.7. The number of nitrogens with two attached hydrogens (primary N) is 2. The lowest BCUT2D eigenvalue weighted by Crippen LogP contribution is -2.40. The average Bonchev–Trinajstić information content (AvgIpc) is 3.92. The van der Waals surface area contributed by atoms with Crippen LogP contribution in [0.5, 0.6) is 0 Å². The number of aromatic amines is 1. The molecule has 0 bridgehead atoms. The number of aliphatic hydroxyl groups is 2. The molecule has 7 unspecified atom stereocenters. The van der Waals surface area contributed by atoms with Crippen molar-refractivity contribution in [3.8, 4) is 0 Å². The molecule has 2 aliphatic rings. The van der Waals surface area contributed by atoms with Crippen LogP contribution in [-0.2, 0) is 37.0 Å². The lowest BCUT2D eigenvalue weighted by Gasteiger charge is -2.27. The first kappa shape index (κ1) is 45.2. The van der Waals surface area contributed by atoms with E-state index in [4.69, 9.17) is 34.5 Å². The summed E-state index contributed by atoms with van der Waals surface area (Å²) in [4.78, 5) is 68.5. The number of anilines is 2. The maximum Gasteiger partial charge on any atom is 0.695 e. The minimum Gasteiger partial charge on any atom is -0.394 e. The molecule has 0 aliphatic carbocycles. The first-order valence-corrected chi connectivity index (χ1v) is 23.2. The van der Waals surface area contributed by atoms with Crippen LogP contribution >= 0.6 is 37.7 Å². The van der Waals surface area contributed by atoms with Gasteiger partial charge in [-0.05, 0) is 33.6 Å². The van der Waals surface area contributed by atoms with Crippen molar-refractivity contribution >= 4 is 77.7 Å². The summed E-state index contributed by atoms with van der Waals surface area (Å²) in [7, 11) is -5.39. The van der Waals surface area contributed by atoms with E-state index in [9.17, 15) is 38.7 Å². The third kappa shape index (κ3) is 10.8. The third-order valence-electron chi connectivity index (χ3n) is 9.30. The number of amides is 1. The van der Waals surface area contributed by atoms with Crippen LogP contribution in [0.15, 0.2) is 23.8 Å². The molecule has 28 heteroatoms. The second kappa shape index (κ2) is 18.7. The number of phosphoric acid groups is 1. The molecule has 0 radical (unpaired) electrons. The van der Waals surface area contributed by atoms with E-state index in [0.717, 1.165) is 6.33 Å². The smallest absolute Gasteiger partial charge is 0.394 e. The summed E-state index contributed by atoms with van der Waals surface area (Å²) in [6.07, 6.45) is -4.63. The minimum atomic E-state index is -5.15. The van der Waals surface area contributed by atoms with Crippen molar-refractivity contribution in [3.05, 3.63) is 29.3 Å². The van der Waals surface area contributed by atoms with Crippen molar-refractivity contribution in [2.24, 2.45) is 5.92 Å². The topological polar surface area (TPSA) is 350 Å². The van der Waals surface area contributed by atoms with Crippen LogP contribution in [0.2, 0.25) is 0 Å². The predicted octanol–water partition coefficient (Wildman–Crippen LogP) is 1.28. The number of phosphoric ester groups is 1. The van der Waals surface area contributed by atoms with Crippen LogP contribution < -0.4 is 22.3 Å². The highest BCUT2D eigenvalue weighted by Crippen LogP contribution is 2.52. The molecule has 2 saturated heterocycles. The van der Waals surface area contributed by atoms with Crippen molar-refractivity contribution in [3.63, 3.8) is 0 Å². The second-order valence-corrected chi connectivity index (χ2v) is 19.8. The Morgan fingerprint density at radius 3 is 2.49 bits per heavy atom. The van der Waals surface area contributed by atoms with Gasteiger partial charge in [0.15, 0.2) is 41.2 Å². The molecule has 10 N–H and O–H groups in total. The summed E-state index contributed by atoms with van der Waals surface area (Å²) in [6.45, 7) is 6.40. The van der Waals surface area contributed by atoms with E-state index in [1.807, 2.05) is 27.7 Å². The Bertz CT molecular complexity index is 2240. The first-order valence-electron chi connectivity index (χ1n) is 18.2. The molecule has 59 heavy (non-hydrogen) atoms. The van der Waals surface area contributed by atoms with Gasteiger partial charge in [0.1, 0.15) is 30.2 Å². The van der Waals surface area contributed by atoms with Gasteiger partial charge < -0.3 is 41.4 Å². The molecule has 324 valence electrons. The number of nitrogen functional groups attached to an aromatic ring is 2. The van der Waals surface area contributed by atoms with Crippen molar-refractivity contribution in [1.82, 2.24) is 44.4 Å². The van der Waals surface area contributed by atoms with Crippen molar-refractivity contribution < 1.29 is 57.0 Å². The Morgan fingerprint density at radius 2 is 1.80 bits per heavy atom. The van der Waals surface area contributed by atoms with E-state index >= 15 is 0 Å². The summed E-state index contributed by atoms with van der Waals surface area (Å²) >= 11 is 0. The number of hydrogen-bond donors (Lipinski definition) is 8. The van der Waals surface area contributed by atoms with Crippen molar-refractivity contribution in [2.75, 3.05) is 30.4 Å². The number of nitrogens with one attached hydrogen (secondary N) is 2. The molecule has 4 aromatic heterocycles. The molecule has 6 rings (SSSR count). The number of nitrogens with zero attached hydrogens (tertiary/aromatic N) is 7. The first-order chi connectivity index (χ1) is 27.9. The summed E-state index contributed by atoms with van der Waals surface area (Å²) in [6, 6.07) is 0. The van der Waals surface area contributed by atoms with E-state index in [2.05, 4.69) is 35.2 Å². The molecule has 0 spiro atoms. The summed E-state index contributed by atoms with van der Waals surface area (Å²) < 4.78 is 56.6. The van der Waals surface area contributed by atoms with Gasteiger partial charge in [0.2, 0.25) is 11.9 Å². The number of fused-ring (bicyclic) bond motifs is 2. The molecule has 0 aromatic carbocycles. The monoisotopic (exact) mass is 906 g/mol. The highest BCUT2D eigenvalue weighted by atomic mass is 33.1. The van der Waals surface area contributed by atoms with Gasteiger partial charge in [-0.25, -0.2) is 24.5 Å². The maximum absolute atomic E-state index is 13.8. The van der Waals surface area contributed by atoms with E-state index in [0.29, 0.717) is 18.6 Å². The third-order valence-corrected chi connectivity index (χ3v) is 13.7. The van der Waals surface area contributed by atoms with Gasteiger partial charge >= 0.3 is 16.1 Å². The van der Waals surface area contributed by atoms with E-state index in [-0.39, 0.29) is 57.2 Å². The standard InChI is InChI=1S/C31H45N11O13P2S2/c1-14(5-6-18(44)40-31(2,3)4)59-58-8-7-15-16(9-43)52-29(42-13-37-20-26(42)38-30(33)39-27(20)46)22(15)55-57(49,50)51-10-17-23(54-56(47)48)21(45)28(53-17)41-12-36-19-24(32)34-11-35-25(19)41/h11-17,21-23,28-29,43,45H,5-10H2,1-4H3,(H7-,32,33,34,35,38,39,40,44,46,47,48,49,50)/p+1/t14?,15?,16-,17-,21?,22?,23?,28-,29-/m1/s1. The minimum absolute atomic E-state index is 0.0262. The maximum atomic E-state index is 13.8. The number of rotatable bonds is 18. The summed E-state index contributed by atoms with van der Waals surface area (Å²) in [5, 5.41) is 24.7. The number of aromatic nitrogens is 8. The fraction of sp³-hybridized carbons (Fsp3) is 0.645. The fourth-order valence-electron chi connectivity index (χ4n) is 6.73. The molecular formula is C31H46N11O13P2S2+. The highest BCUT2D eigenvalue weighted by Gasteiger charge is 2.53. The molecule has 4 aromatic rings. The molecule has 24 nitrogen and oxygen atoms in total. The average molecular weight is 907 g/mol. The lowest BCUT2D eigenvalue weighted by molar-refractivity contribution is -0.122. The lowest BCUT2D eigenvalue weighted by atomic mass is 9.95. The van der Waals surface area contributed by atoms with Gasteiger partial charge in [-0.15, -0.1) is 9.42 Å². The Hall–Kier alpha value is -3.36. The number of carbonyl (C=O) groups is 1. The molecule has 11 atom stereocenters. The molecule has 2 aliphatic heterocycles.